The van der Waals surface area contributed by atoms with Gasteiger partial charge in [-0.1, -0.05) is 48.5 Å². The third-order valence-electron chi connectivity index (χ3n) is 5.71. The van der Waals surface area contributed by atoms with Gasteiger partial charge in [0, 0.05) is 26.4 Å². The van der Waals surface area contributed by atoms with Gasteiger partial charge in [-0.2, -0.15) is 0 Å². The first kappa shape index (κ1) is 22.3. The molecule has 0 aromatic heterocycles. The predicted molar refractivity (Wildman–Crippen MR) is 117 cm³/mol. The lowest BCUT2D eigenvalue weighted by Crippen LogP contribution is -2.41. The van der Waals surface area contributed by atoms with E-state index in [1.807, 2.05) is 36.4 Å². The summed E-state index contributed by atoms with van der Waals surface area (Å²) in [6.07, 6.45) is 0.755. The number of alkyl carbamates (subject to hydrolysis) is 1. The summed E-state index contributed by atoms with van der Waals surface area (Å²) in [7, 11) is 1.70. The molecule has 0 spiro atoms. The highest BCUT2D eigenvalue weighted by molar-refractivity contribution is 5.81. The number of carbonyl (C=O) groups is 3. The molecule has 2 amide bonds. The van der Waals surface area contributed by atoms with Crippen LogP contribution in [0.1, 0.15) is 43.2 Å². The molecule has 0 radical (unpaired) electrons. The highest BCUT2D eigenvalue weighted by atomic mass is 16.5. The molecule has 3 rings (SSSR count). The molecule has 1 aliphatic rings. The fraction of sp³-hybridized carbons (Fsp3) is 0.375. The van der Waals surface area contributed by atoms with Crippen LogP contribution in [0.3, 0.4) is 0 Å². The van der Waals surface area contributed by atoms with E-state index in [-0.39, 0.29) is 24.9 Å². The molecule has 7 heteroatoms. The fourth-order valence-corrected chi connectivity index (χ4v) is 3.89. The Kier molecular flexibility index (Phi) is 7.28. The molecule has 0 heterocycles. The highest BCUT2D eigenvalue weighted by Gasteiger charge is 2.29. The second-order valence-electron chi connectivity index (χ2n) is 7.80. The molecule has 2 aromatic rings. The summed E-state index contributed by atoms with van der Waals surface area (Å²) in [5, 5.41) is 11.9. The van der Waals surface area contributed by atoms with Crippen LogP contribution in [-0.2, 0) is 14.3 Å². The molecule has 0 fully saturated rings. The normalized spacial score (nSPS) is 13.1. The maximum atomic E-state index is 12.3. The smallest absolute Gasteiger partial charge is 0.407 e. The van der Waals surface area contributed by atoms with Crippen molar-refractivity contribution in [2.75, 3.05) is 20.2 Å². The van der Waals surface area contributed by atoms with E-state index < -0.39 is 18.1 Å². The molecular weight excluding hydrogens is 396 g/mol. The summed E-state index contributed by atoms with van der Waals surface area (Å²) < 4.78 is 5.43. The summed E-state index contributed by atoms with van der Waals surface area (Å²) in [5.41, 5.74) is 4.46. The quantitative estimate of drug-likeness (QED) is 0.600. The topological polar surface area (TPSA) is 95.9 Å². The van der Waals surface area contributed by atoms with Crippen molar-refractivity contribution in [2.24, 2.45) is 0 Å². The Labute approximate surface area is 182 Å². The van der Waals surface area contributed by atoms with E-state index in [2.05, 4.69) is 17.4 Å². The third kappa shape index (κ3) is 5.42. The van der Waals surface area contributed by atoms with Crippen LogP contribution >= 0.6 is 0 Å². The molecule has 0 saturated heterocycles. The molecule has 1 atom stereocenters. The van der Waals surface area contributed by atoms with Gasteiger partial charge < -0.3 is 20.1 Å². The molecule has 2 aromatic carbocycles. The molecule has 1 aliphatic carbocycles. The standard InChI is InChI=1S/C24H28N2O5/c1-16(27)26(2)14-8-7-13-22(23(28)29)25-24(30)31-15-21-19-11-5-3-9-17(19)18-10-4-6-12-20(18)21/h3-6,9-12,21-22H,7-8,13-15H2,1-2H3,(H,25,30)(H,28,29)/t22-/m0/s1. The van der Waals surface area contributed by atoms with E-state index in [1.165, 1.54) is 6.92 Å². The first-order valence-corrected chi connectivity index (χ1v) is 10.4. The largest absolute Gasteiger partial charge is 0.480 e. The van der Waals surface area contributed by atoms with Crippen LogP contribution in [0.25, 0.3) is 11.1 Å². The van der Waals surface area contributed by atoms with Gasteiger partial charge in [-0.3, -0.25) is 4.79 Å². The summed E-state index contributed by atoms with van der Waals surface area (Å²) in [6, 6.07) is 15.0. The molecule has 164 valence electrons. The summed E-state index contributed by atoms with van der Waals surface area (Å²) in [5.74, 6) is -1.22. The van der Waals surface area contributed by atoms with E-state index in [4.69, 9.17) is 4.74 Å². The maximum absolute atomic E-state index is 12.3. The number of aliphatic carboxylic acids is 1. The van der Waals surface area contributed by atoms with Crippen LogP contribution in [0.5, 0.6) is 0 Å². The monoisotopic (exact) mass is 424 g/mol. The third-order valence-corrected chi connectivity index (χ3v) is 5.71. The Bertz CT molecular complexity index is 913. The van der Waals surface area contributed by atoms with Crippen molar-refractivity contribution in [3.8, 4) is 11.1 Å². The van der Waals surface area contributed by atoms with Crippen molar-refractivity contribution in [3.63, 3.8) is 0 Å². The second-order valence-corrected chi connectivity index (χ2v) is 7.80. The van der Waals surface area contributed by atoms with Gasteiger partial charge in [-0.25, -0.2) is 9.59 Å². The van der Waals surface area contributed by atoms with Crippen molar-refractivity contribution in [1.29, 1.82) is 0 Å². The Morgan fingerprint density at radius 2 is 1.61 bits per heavy atom. The van der Waals surface area contributed by atoms with E-state index >= 15 is 0 Å². The number of nitrogens with one attached hydrogen (secondary N) is 1. The van der Waals surface area contributed by atoms with E-state index in [0.717, 1.165) is 22.3 Å². The van der Waals surface area contributed by atoms with E-state index in [1.54, 1.807) is 11.9 Å². The van der Waals surface area contributed by atoms with Gasteiger partial charge in [-0.15, -0.1) is 0 Å². The molecule has 2 N–H and O–H groups in total. The number of hydrogen-bond donors (Lipinski definition) is 2. The zero-order valence-electron chi connectivity index (χ0n) is 17.8. The van der Waals surface area contributed by atoms with Crippen molar-refractivity contribution >= 4 is 18.0 Å². The Morgan fingerprint density at radius 1 is 1.03 bits per heavy atom. The van der Waals surface area contributed by atoms with Crippen LogP contribution < -0.4 is 5.32 Å². The molecule has 0 bridgehead atoms. The lowest BCUT2D eigenvalue weighted by molar-refractivity contribution is -0.139. The second kappa shape index (κ2) is 10.1. The minimum Gasteiger partial charge on any atom is -0.480 e. The first-order valence-electron chi connectivity index (χ1n) is 10.4. The molecule has 0 saturated carbocycles. The van der Waals surface area contributed by atoms with Gasteiger partial charge in [0.15, 0.2) is 0 Å². The molecule has 7 nitrogen and oxygen atoms in total. The average Bonchev–Trinajstić information content (AvgIpc) is 3.07. The maximum Gasteiger partial charge on any atom is 0.407 e. The van der Waals surface area contributed by atoms with Crippen molar-refractivity contribution in [2.45, 2.75) is 38.1 Å². The summed E-state index contributed by atoms with van der Waals surface area (Å²) in [6.45, 7) is 2.17. The van der Waals surface area contributed by atoms with Crippen LogP contribution in [0, 0.1) is 0 Å². The number of amides is 2. The number of unbranched alkanes of at least 4 members (excludes halogenated alkanes) is 1. The van der Waals surface area contributed by atoms with Gasteiger partial charge >= 0.3 is 12.1 Å². The Hall–Kier alpha value is -3.35. The van der Waals surface area contributed by atoms with Crippen LogP contribution in [-0.4, -0.2) is 54.2 Å². The zero-order chi connectivity index (χ0) is 22.4. The van der Waals surface area contributed by atoms with E-state index in [9.17, 15) is 19.5 Å². The lowest BCUT2D eigenvalue weighted by Gasteiger charge is -2.18. The van der Waals surface area contributed by atoms with Crippen molar-refractivity contribution in [3.05, 3.63) is 59.7 Å². The minimum absolute atomic E-state index is 0.0356. The summed E-state index contributed by atoms with van der Waals surface area (Å²) in [4.78, 5) is 36.6. The van der Waals surface area contributed by atoms with Crippen LogP contribution in [0.2, 0.25) is 0 Å². The Morgan fingerprint density at radius 3 is 2.16 bits per heavy atom. The van der Waals surface area contributed by atoms with Crippen molar-refractivity contribution < 1.29 is 24.2 Å². The molecule has 31 heavy (non-hydrogen) atoms. The number of fused-ring (bicyclic) bond motifs is 3. The van der Waals surface area contributed by atoms with Gasteiger partial charge in [0.2, 0.25) is 5.91 Å². The van der Waals surface area contributed by atoms with Gasteiger partial charge in [0.1, 0.15) is 12.6 Å². The van der Waals surface area contributed by atoms with Gasteiger partial charge in [-0.05, 0) is 41.5 Å². The number of benzene rings is 2. The first-order chi connectivity index (χ1) is 14.9. The lowest BCUT2D eigenvalue weighted by atomic mass is 9.98. The SMILES string of the molecule is CC(=O)N(C)CCCC[C@H](NC(=O)OCC1c2ccccc2-c2ccccc21)C(=O)O. The van der Waals surface area contributed by atoms with Crippen molar-refractivity contribution in [1.82, 2.24) is 10.2 Å². The number of ether oxygens (including phenoxy) is 1. The fourth-order valence-electron chi connectivity index (χ4n) is 3.89. The number of hydrogen-bond acceptors (Lipinski definition) is 4. The minimum atomic E-state index is -1.10. The van der Waals surface area contributed by atoms with Gasteiger partial charge in [0.05, 0.1) is 0 Å². The molecule has 0 unspecified atom stereocenters. The molecule has 0 aliphatic heterocycles. The zero-order valence-corrected chi connectivity index (χ0v) is 17.8. The summed E-state index contributed by atoms with van der Waals surface area (Å²) >= 11 is 0. The number of carboxylic acid groups (broad SMARTS) is 1. The average molecular weight is 424 g/mol. The van der Waals surface area contributed by atoms with E-state index in [0.29, 0.717) is 19.4 Å². The van der Waals surface area contributed by atoms with Crippen LogP contribution in [0.4, 0.5) is 4.79 Å². The van der Waals surface area contributed by atoms with Crippen LogP contribution in [0.15, 0.2) is 48.5 Å². The molecular formula is C24H28N2O5. The Balaban J connectivity index is 1.54. The number of carbonyl (C=O) groups excluding carboxylic acids is 2. The van der Waals surface area contributed by atoms with Gasteiger partial charge in [0.25, 0.3) is 0 Å². The number of rotatable bonds is 9. The number of nitrogens with zero attached hydrogens (tertiary/aromatic N) is 1. The number of carboxylic acids is 1. The predicted octanol–water partition coefficient (Wildman–Crippen LogP) is 3.63. The highest BCUT2D eigenvalue weighted by Crippen LogP contribution is 2.44.